The molecule has 1 N–H and O–H groups in total. The maximum Gasteiger partial charge on any atom is 0.203 e. The number of aromatic nitrogens is 1. The minimum Gasteiger partial charge on any atom is -0.253 e. The summed E-state index contributed by atoms with van der Waals surface area (Å²) in [5.41, 5.74) is 6.96. The molecule has 0 saturated heterocycles. The van der Waals surface area contributed by atoms with Crippen LogP contribution < -0.4 is 5.43 Å². The van der Waals surface area contributed by atoms with Crippen LogP contribution in [-0.4, -0.2) is 10.7 Å². The summed E-state index contributed by atoms with van der Waals surface area (Å²) >= 11 is 1.56. The highest BCUT2D eigenvalue weighted by atomic mass is 32.1. The van der Waals surface area contributed by atoms with Gasteiger partial charge in [-0.25, -0.2) is 4.98 Å². The molecule has 0 fully saturated rings. The first kappa shape index (κ1) is 9.54. The lowest BCUT2D eigenvalue weighted by atomic mass is 10.1. The van der Waals surface area contributed by atoms with Gasteiger partial charge in [-0.2, -0.15) is 5.10 Å². The molecular weight excluding hydrogens is 218 g/mol. The van der Waals surface area contributed by atoms with Crippen molar-refractivity contribution in [2.45, 2.75) is 12.8 Å². The van der Waals surface area contributed by atoms with Crippen molar-refractivity contribution in [3.8, 4) is 0 Å². The second kappa shape index (κ2) is 4.06. The molecule has 1 heterocycles. The first-order valence-electron chi connectivity index (χ1n) is 5.19. The van der Waals surface area contributed by atoms with E-state index in [-0.39, 0.29) is 0 Å². The van der Waals surface area contributed by atoms with Crippen LogP contribution in [-0.2, 0) is 12.8 Å². The minimum absolute atomic E-state index is 0.850. The van der Waals surface area contributed by atoms with E-state index in [4.69, 9.17) is 0 Å². The van der Waals surface area contributed by atoms with Gasteiger partial charge in [-0.3, -0.25) is 5.43 Å². The quantitative estimate of drug-likeness (QED) is 0.804. The molecule has 0 spiro atoms. The first-order valence-corrected chi connectivity index (χ1v) is 6.07. The topological polar surface area (TPSA) is 37.3 Å². The smallest absolute Gasteiger partial charge is 0.203 e. The number of nitrogens with one attached hydrogen (secondary N) is 1. The Morgan fingerprint density at radius 1 is 1.19 bits per heavy atom. The van der Waals surface area contributed by atoms with E-state index in [2.05, 4.69) is 39.8 Å². The summed E-state index contributed by atoms with van der Waals surface area (Å²) in [6.45, 7) is 0. The van der Waals surface area contributed by atoms with Crippen molar-refractivity contribution in [1.82, 2.24) is 4.98 Å². The molecule has 3 rings (SSSR count). The van der Waals surface area contributed by atoms with E-state index in [0.29, 0.717) is 0 Å². The summed E-state index contributed by atoms with van der Waals surface area (Å²) in [5, 5.41) is 7.18. The minimum atomic E-state index is 0.850. The van der Waals surface area contributed by atoms with Crippen LogP contribution in [0.4, 0.5) is 5.13 Å². The van der Waals surface area contributed by atoms with Gasteiger partial charge in [0.2, 0.25) is 5.13 Å². The SMILES string of the molecule is c1ccc2c(c1)CC(=NNc1nccs1)C2. The van der Waals surface area contributed by atoms with Crippen molar-refractivity contribution in [2.24, 2.45) is 5.10 Å². The molecule has 0 amide bonds. The molecule has 0 aliphatic heterocycles. The van der Waals surface area contributed by atoms with Gasteiger partial charge in [-0.15, -0.1) is 11.3 Å². The normalized spacial score (nSPS) is 13.6. The maximum atomic E-state index is 4.39. The third-order valence-corrected chi connectivity index (χ3v) is 3.33. The number of hydrogen-bond donors (Lipinski definition) is 1. The molecule has 1 aliphatic carbocycles. The second-order valence-corrected chi connectivity index (χ2v) is 4.64. The van der Waals surface area contributed by atoms with Crippen LogP contribution in [0.5, 0.6) is 0 Å². The highest BCUT2D eigenvalue weighted by Crippen LogP contribution is 2.20. The van der Waals surface area contributed by atoms with E-state index in [0.717, 1.165) is 18.0 Å². The number of rotatable bonds is 2. The van der Waals surface area contributed by atoms with Gasteiger partial charge in [-0.1, -0.05) is 24.3 Å². The largest absolute Gasteiger partial charge is 0.253 e. The number of nitrogens with zero attached hydrogens (tertiary/aromatic N) is 2. The Morgan fingerprint density at radius 3 is 2.56 bits per heavy atom. The van der Waals surface area contributed by atoms with Crippen molar-refractivity contribution >= 4 is 22.2 Å². The highest BCUT2D eigenvalue weighted by Gasteiger charge is 2.15. The zero-order chi connectivity index (χ0) is 10.8. The molecule has 1 aliphatic rings. The molecule has 1 aromatic carbocycles. The Bertz CT molecular complexity index is 490. The van der Waals surface area contributed by atoms with Gasteiger partial charge in [0, 0.05) is 30.1 Å². The number of fused-ring (bicyclic) bond motifs is 1. The lowest BCUT2D eigenvalue weighted by Crippen LogP contribution is -2.01. The molecule has 0 radical (unpaired) electrons. The first-order chi connectivity index (χ1) is 7.92. The Labute approximate surface area is 97.9 Å². The zero-order valence-electron chi connectivity index (χ0n) is 8.68. The number of thiazole rings is 1. The summed E-state index contributed by atoms with van der Waals surface area (Å²) < 4.78 is 0. The molecule has 2 aromatic rings. The van der Waals surface area contributed by atoms with Crippen LogP contribution in [0.3, 0.4) is 0 Å². The second-order valence-electron chi connectivity index (χ2n) is 3.75. The van der Waals surface area contributed by atoms with E-state index in [9.17, 15) is 0 Å². The molecule has 1 aromatic heterocycles. The molecule has 16 heavy (non-hydrogen) atoms. The number of hydrazone groups is 1. The van der Waals surface area contributed by atoms with Crippen molar-refractivity contribution in [2.75, 3.05) is 5.43 Å². The fraction of sp³-hybridized carbons (Fsp3) is 0.167. The summed E-state index contributed by atoms with van der Waals surface area (Å²) in [6, 6.07) is 8.49. The lowest BCUT2D eigenvalue weighted by molar-refractivity contribution is 1.24. The molecule has 0 atom stereocenters. The van der Waals surface area contributed by atoms with Gasteiger partial charge in [0.25, 0.3) is 0 Å². The third-order valence-electron chi connectivity index (χ3n) is 2.65. The van der Waals surface area contributed by atoms with Gasteiger partial charge in [0.15, 0.2) is 0 Å². The Hall–Kier alpha value is -1.68. The molecule has 0 bridgehead atoms. The van der Waals surface area contributed by atoms with Crippen molar-refractivity contribution in [3.63, 3.8) is 0 Å². The number of anilines is 1. The fourth-order valence-electron chi connectivity index (χ4n) is 1.89. The van der Waals surface area contributed by atoms with Crippen LogP contribution in [0.1, 0.15) is 11.1 Å². The van der Waals surface area contributed by atoms with E-state index >= 15 is 0 Å². The van der Waals surface area contributed by atoms with Crippen LogP contribution >= 0.6 is 11.3 Å². The number of benzene rings is 1. The van der Waals surface area contributed by atoms with Crippen LogP contribution in [0, 0.1) is 0 Å². The zero-order valence-corrected chi connectivity index (χ0v) is 9.50. The van der Waals surface area contributed by atoms with Gasteiger partial charge < -0.3 is 0 Å². The van der Waals surface area contributed by atoms with Crippen molar-refractivity contribution in [3.05, 3.63) is 47.0 Å². The molecule has 0 saturated carbocycles. The molecule has 0 unspecified atom stereocenters. The van der Waals surface area contributed by atoms with E-state index < -0.39 is 0 Å². The van der Waals surface area contributed by atoms with Crippen LogP contribution in [0.2, 0.25) is 0 Å². The van der Waals surface area contributed by atoms with Crippen molar-refractivity contribution < 1.29 is 0 Å². The average Bonchev–Trinajstić information content (AvgIpc) is 2.95. The Morgan fingerprint density at radius 2 is 1.94 bits per heavy atom. The predicted molar refractivity (Wildman–Crippen MR) is 67.0 cm³/mol. The van der Waals surface area contributed by atoms with Gasteiger partial charge in [-0.05, 0) is 11.1 Å². The standard InChI is InChI=1S/C12H11N3S/c1-2-4-10-8-11(7-9(10)3-1)14-15-12-13-5-6-16-12/h1-6H,7-8H2,(H,13,15). The predicted octanol–water partition coefficient (Wildman–Crippen LogP) is 2.71. The summed E-state index contributed by atoms with van der Waals surface area (Å²) in [7, 11) is 0. The third kappa shape index (κ3) is 1.84. The van der Waals surface area contributed by atoms with E-state index in [1.54, 1.807) is 17.5 Å². The molecular formula is C12H11N3S. The van der Waals surface area contributed by atoms with E-state index in [1.807, 2.05) is 5.38 Å². The summed E-state index contributed by atoms with van der Waals surface area (Å²) in [5.74, 6) is 0. The van der Waals surface area contributed by atoms with Crippen molar-refractivity contribution in [1.29, 1.82) is 0 Å². The monoisotopic (exact) mass is 229 g/mol. The van der Waals surface area contributed by atoms with Gasteiger partial charge in [0.05, 0.1) is 0 Å². The summed E-state index contributed by atoms with van der Waals surface area (Å²) in [6.07, 6.45) is 3.68. The Balaban J connectivity index is 1.74. The lowest BCUT2D eigenvalue weighted by Gasteiger charge is -1.96. The summed E-state index contributed by atoms with van der Waals surface area (Å²) in [4.78, 5) is 4.13. The van der Waals surface area contributed by atoms with Crippen LogP contribution in [0.25, 0.3) is 0 Å². The van der Waals surface area contributed by atoms with Gasteiger partial charge >= 0.3 is 0 Å². The van der Waals surface area contributed by atoms with Gasteiger partial charge in [0.1, 0.15) is 0 Å². The molecule has 3 nitrogen and oxygen atoms in total. The Kier molecular flexibility index (Phi) is 2.42. The number of hydrogen-bond acceptors (Lipinski definition) is 4. The molecule has 80 valence electrons. The highest BCUT2D eigenvalue weighted by molar-refractivity contribution is 7.13. The van der Waals surface area contributed by atoms with Crippen LogP contribution in [0.15, 0.2) is 40.9 Å². The average molecular weight is 229 g/mol. The van der Waals surface area contributed by atoms with E-state index in [1.165, 1.54) is 16.8 Å². The molecule has 4 heteroatoms. The maximum absolute atomic E-state index is 4.39. The fourth-order valence-corrected chi connectivity index (χ4v) is 2.36.